The largest absolute Gasteiger partial charge is 0.483 e. The molecule has 21 heavy (non-hydrogen) atoms. The van der Waals surface area contributed by atoms with Gasteiger partial charge in [-0.1, -0.05) is 15.9 Å². The second kappa shape index (κ2) is 7.72. The molecule has 1 aromatic carbocycles. The maximum Gasteiger partial charge on any atom is 0.277 e. The molecular formula is C14H12Br2N2O2S. The fourth-order valence-corrected chi connectivity index (χ4v) is 3.29. The molecule has 1 aromatic heterocycles. The topological polar surface area (TPSA) is 50.7 Å². The summed E-state index contributed by atoms with van der Waals surface area (Å²) in [4.78, 5) is 12.6. The van der Waals surface area contributed by atoms with Crippen LogP contribution in [0.15, 0.2) is 43.7 Å². The Bertz CT molecular complexity index is 671. The number of hydrogen-bond acceptors (Lipinski definition) is 4. The third kappa shape index (κ3) is 5.26. The summed E-state index contributed by atoms with van der Waals surface area (Å²) in [5, 5.41) is 3.88. The van der Waals surface area contributed by atoms with Gasteiger partial charge in [-0.15, -0.1) is 11.3 Å². The van der Waals surface area contributed by atoms with Gasteiger partial charge in [-0.2, -0.15) is 5.10 Å². The molecule has 4 nitrogen and oxygen atoms in total. The normalized spacial score (nSPS) is 10.8. The van der Waals surface area contributed by atoms with Crippen LogP contribution < -0.4 is 10.2 Å². The Labute approximate surface area is 143 Å². The van der Waals surface area contributed by atoms with Gasteiger partial charge in [-0.3, -0.25) is 4.79 Å². The third-order valence-corrected chi connectivity index (χ3v) is 4.52. The van der Waals surface area contributed by atoms with E-state index in [2.05, 4.69) is 42.4 Å². The van der Waals surface area contributed by atoms with Crippen LogP contribution in [0.1, 0.15) is 10.4 Å². The molecule has 1 N–H and O–H groups in total. The zero-order valence-corrected chi connectivity index (χ0v) is 15.1. The molecule has 0 spiro atoms. The summed E-state index contributed by atoms with van der Waals surface area (Å²) in [5.41, 5.74) is 3.39. The molecule has 1 heterocycles. The molecule has 0 radical (unpaired) electrons. The van der Waals surface area contributed by atoms with Gasteiger partial charge >= 0.3 is 0 Å². The zero-order chi connectivity index (χ0) is 15.2. The van der Waals surface area contributed by atoms with Crippen LogP contribution in [0.5, 0.6) is 5.75 Å². The van der Waals surface area contributed by atoms with E-state index < -0.39 is 0 Å². The van der Waals surface area contributed by atoms with Crippen molar-refractivity contribution in [3.05, 3.63) is 49.0 Å². The lowest BCUT2D eigenvalue weighted by atomic mass is 10.2. The average molecular weight is 432 g/mol. The van der Waals surface area contributed by atoms with Gasteiger partial charge in [0.05, 0.1) is 10.0 Å². The van der Waals surface area contributed by atoms with Gasteiger partial charge < -0.3 is 4.74 Å². The zero-order valence-electron chi connectivity index (χ0n) is 11.1. The third-order valence-electron chi connectivity index (χ3n) is 2.47. The quantitative estimate of drug-likeness (QED) is 0.572. The summed E-state index contributed by atoms with van der Waals surface area (Å²) in [6, 6.07) is 9.45. The van der Waals surface area contributed by atoms with Crippen molar-refractivity contribution in [1.29, 1.82) is 0 Å². The number of carbonyl (C=O) groups is 1. The summed E-state index contributed by atoms with van der Waals surface area (Å²) in [6.45, 7) is 1.85. The number of nitrogens with one attached hydrogen (secondary N) is 1. The van der Waals surface area contributed by atoms with E-state index in [0.29, 0.717) is 5.75 Å². The van der Waals surface area contributed by atoms with E-state index in [1.165, 1.54) is 11.3 Å². The molecule has 0 atom stereocenters. The highest BCUT2D eigenvalue weighted by Crippen LogP contribution is 2.22. The molecule has 0 unspecified atom stereocenters. The van der Waals surface area contributed by atoms with E-state index >= 15 is 0 Å². The number of ether oxygens (including phenoxy) is 1. The minimum absolute atomic E-state index is 0.0754. The lowest BCUT2D eigenvalue weighted by Gasteiger charge is -2.08. The van der Waals surface area contributed by atoms with Crippen molar-refractivity contribution in [3.63, 3.8) is 0 Å². The summed E-state index contributed by atoms with van der Waals surface area (Å²) in [7, 11) is 0. The summed E-state index contributed by atoms with van der Waals surface area (Å²) < 4.78 is 7.44. The van der Waals surface area contributed by atoms with Gasteiger partial charge in [0, 0.05) is 9.35 Å². The second-order valence-corrected chi connectivity index (χ2v) is 7.54. The molecule has 7 heteroatoms. The Kier molecular flexibility index (Phi) is 5.96. The Morgan fingerprint density at radius 1 is 1.38 bits per heavy atom. The first-order valence-corrected chi connectivity index (χ1v) is 8.41. The van der Waals surface area contributed by atoms with Crippen LogP contribution in [0.2, 0.25) is 0 Å². The number of carbonyl (C=O) groups excluding carboxylic acids is 1. The van der Waals surface area contributed by atoms with Crippen LogP contribution in [0.25, 0.3) is 0 Å². The second-order valence-electron chi connectivity index (χ2n) is 4.13. The number of aryl methyl sites for hydroxylation is 1. The monoisotopic (exact) mass is 430 g/mol. The first-order chi connectivity index (χ1) is 10.0. The first-order valence-electron chi connectivity index (χ1n) is 6.01. The highest BCUT2D eigenvalue weighted by atomic mass is 79.9. The molecule has 2 rings (SSSR count). The van der Waals surface area contributed by atoms with E-state index in [0.717, 1.165) is 18.7 Å². The molecule has 0 saturated carbocycles. The Morgan fingerprint density at radius 3 is 2.86 bits per heavy atom. The molecule has 0 bridgehead atoms. The maximum atomic E-state index is 11.6. The van der Waals surface area contributed by atoms with E-state index in [-0.39, 0.29) is 12.5 Å². The van der Waals surface area contributed by atoms with E-state index in [9.17, 15) is 4.79 Å². The summed E-state index contributed by atoms with van der Waals surface area (Å²) in [6.07, 6.45) is 1.60. The van der Waals surface area contributed by atoms with Gasteiger partial charge in [0.15, 0.2) is 6.61 Å². The minimum Gasteiger partial charge on any atom is -0.483 e. The number of halogens is 2. The SMILES string of the molecule is Cc1cc(Br)ccc1OCC(=O)N/N=C/c1ccc(Br)s1. The first kappa shape index (κ1) is 16.2. The molecule has 0 aliphatic carbocycles. The van der Waals surface area contributed by atoms with Crippen molar-refractivity contribution in [3.8, 4) is 5.75 Å². The molecule has 0 aliphatic rings. The van der Waals surface area contributed by atoms with Crippen LogP contribution in [-0.4, -0.2) is 18.7 Å². The van der Waals surface area contributed by atoms with Gasteiger partial charge in [-0.25, -0.2) is 5.43 Å². The highest BCUT2D eigenvalue weighted by molar-refractivity contribution is 9.11. The number of nitrogens with zero attached hydrogens (tertiary/aromatic N) is 1. The van der Waals surface area contributed by atoms with Crippen molar-refractivity contribution in [2.24, 2.45) is 5.10 Å². The van der Waals surface area contributed by atoms with E-state index in [1.54, 1.807) is 6.21 Å². The highest BCUT2D eigenvalue weighted by Gasteiger charge is 2.04. The van der Waals surface area contributed by atoms with Gasteiger partial charge in [0.1, 0.15) is 5.75 Å². The molecular weight excluding hydrogens is 420 g/mol. The number of amides is 1. The fourth-order valence-electron chi connectivity index (χ4n) is 1.52. The summed E-state index contributed by atoms with van der Waals surface area (Å²) >= 11 is 8.27. The molecule has 1 amide bonds. The molecule has 0 saturated heterocycles. The average Bonchev–Trinajstić information content (AvgIpc) is 2.83. The standard InChI is InChI=1S/C14H12Br2N2O2S/c1-9-6-10(15)2-4-12(9)20-8-14(19)18-17-7-11-3-5-13(16)21-11/h2-7H,8H2,1H3,(H,18,19)/b17-7+. The molecule has 0 fully saturated rings. The van der Waals surface area contributed by atoms with Crippen LogP contribution in [0, 0.1) is 6.92 Å². The molecule has 2 aromatic rings. The Balaban J connectivity index is 1.81. The van der Waals surface area contributed by atoms with Crippen molar-refractivity contribution >= 4 is 55.3 Å². The number of thiophene rings is 1. The lowest BCUT2D eigenvalue weighted by Crippen LogP contribution is -2.24. The van der Waals surface area contributed by atoms with Crippen LogP contribution in [0.4, 0.5) is 0 Å². The lowest BCUT2D eigenvalue weighted by molar-refractivity contribution is -0.123. The predicted octanol–water partition coefficient (Wildman–Crippen LogP) is 4.11. The van der Waals surface area contributed by atoms with Crippen molar-refractivity contribution in [2.75, 3.05) is 6.61 Å². The maximum absolute atomic E-state index is 11.6. The molecule has 0 aliphatic heterocycles. The Morgan fingerprint density at radius 2 is 2.19 bits per heavy atom. The molecule has 110 valence electrons. The summed E-state index contributed by atoms with van der Waals surface area (Å²) in [5.74, 6) is 0.378. The number of rotatable bonds is 5. The number of hydrazone groups is 1. The smallest absolute Gasteiger partial charge is 0.277 e. The van der Waals surface area contributed by atoms with Gasteiger partial charge in [0.25, 0.3) is 5.91 Å². The minimum atomic E-state index is -0.302. The van der Waals surface area contributed by atoms with Gasteiger partial charge in [0.2, 0.25) is 0 Å². The van der Waals surface area contributed by atoms with E-state index in [4.69, 9.17) is 4.74 Å². The van der Waals surface area contributed by atoms with E-state index in [1.807, 2.05) is 37.3 Å². The Hall–Kier alpha value is -1.18. The predicted molar refractivity (Wildman–Crippen MR) is 92.1 cm³/mol. The van der Waals surface area contributed by atoms with Gasteiger partial charge in [-0.05, 0) is 58.7 Å². The van der Waals surface area contributed by atoms with Crippen LogP contribution in [0.3, 0.4) is 0 Å². The van der Waals surface area contributed by atoms with Crippen LogP contribution in [-0.2, 0) is 4.79 Å². The fraction of sp³-hybridized carbons (Fsp3) is 0.143. The van der Waals surface area contributed by atoms with Crippen molar-refractivity contribution in [1.82, 2.24) is 5.43 Å². The number of benzene rings is 1. The van der Waals surface area contributed by atoms with Crippen molar-refractivity contribution < 1.29 is 9.53 Å². The van der Waals surface area contributed by atoms with Crippen LogP contribution >= 0.6 is 43.2 Å². The number of hydrogen-bond donors (Lipinski definition) is 1. The van der Waals surface area contributed by atoms with Crippen molar-refractivity contribution in [2.45, 2.75) is 6.92 Å².